The van der Waals surface area contributed by atoms with Crippen molar-refractivity contribution in [2.24, 2.45) is 11.8 Å². The molecule has 112 valence electrons. The first-order valence-corrected chi connectivity index (χ1v) is 7.59. The molecular weight excluding hydrogens is 270 g/mol. The second-order valence-corrected chi connectivity index (χ2v) is 6.13. The van der Waals surface area contributed by atoms with E-state index in [1.807, 2.05) is 4.90 Å². The first kappa shape index (κ1) is 13.2. The summed E-state index contributed by atoms with van der Waals surface area (Å²) in [6.45, 7) is 2.74. The Morgan fingerprint density at radius 1 is 1.38 bits per heavy atom. The standard InChI is InChI=1S/C15H19N3O3/c19-15(12-5-16-3-4-17-12)18-6-14(21-7-10-1-2-10)11-8-20-9-13(11)18/h3-5,10-11,13-14H,1-2,6-9H2/t11-,13+,14-/m1/s1. The fourth-order valence-electron chi connectivity index (χ4n) is 3.21. The van der Waals surface area contributed by atoms with Crippen LogP contribution in [0, 0.1) is 11.8 Å². The van der Waals surface area contributed by atoms with E-state index in [1.54, 1.807) is 12.4 Å². The molecule has 0 radical (unpaired) electrons. The molecule has 4 rings (SSSR count). The third kappa shape index (κ3) is 2.53. The normalized spacial score (nSPS) is 31.4. The van der Waals surface area contributed by atoms with E-state index in [0.29, 0.717) is 31.4 Å². The van der Waals surface area contributed by atoms with Gasteiger partial charge in [0.25, 0.3) is 5.91 Å². The summed E-state index contributed by atoms with van der Waals surface area (Å²) in [5, 5.41) is 0. The van der Waals surface area contributed by atoms with Crippen molar-refractivity contribution in [3.8, 4) is 0 Å². The van der Waals surface area contributed by atoms with Gasteiger partial charge in [-0.2, -0.15) is 0 Å². The van der Waals surface area contributed by atoms with Crippen LogP contribution in [-0.2, 0) is 9.47 Å². The van der Waals surface area contributed by atoms with Gasteiger partial charge >= 0.3 is 0 Å². The molecule has 0 bridgehead atoms. The minimum atomic E-state index is -0.0684. The van der Waals surface area contributed by atoms with E-state index >= 15 is 0 Å². The Morgan fingerprint density at radius 3 is 3.05 bits per heavy atom. The van der Waals surface area contributed by atoms with E-state index < -0.39 is 0 Å². The number of carbonyl (C=O) groups excluding carboxylic acids is 1. The van der Waals surface area contributed by atoms with Crippen LogP contribution in [0.4, 0.5) is 0 Å². The van der Waals surface area contributed by atoms with Gasteiger partial charge in [-0.1, -0.05) is 0 Å². The minimum absolute atomic E-state index is 0.0684. The quantitative estimate of drug-likeness (QED) is 0.818. The van der Waals surface area contributed by atoms with Crippen molar-refractivity contribution in [2.75, 3.05) is 26.4 Å². The Balaban J connectivity index is 1.48. The predicted octanol–water partition coefficient (Wildman–Crippen LogP) is 0.743. The fourth-order valence-corrected chi connectivity index (χ4v) is 3.21. The van der Waals surface area contributed by atoms with Crippen molar-refractivity contribution in [1.29, 1.82) is 0 Å². The summed E-state index contributed by atoms with van der Waals surface area (Å²) in [5.41, 5.74) is 0.394. The number of rotatable bonds is 4. The monoisotopic (exact) mass is 289 g/mol. The molecule has 1 amide bonds. The van der Waals surface area contributed by atoms with Gasteiger partial charge in [-0.05, 0) is 18.8 Å². The maximum atomic E-state index is 12.6. The Bertz CT molecular complexity index is 520. The Hall–Kier alpha value is -1.53. The zero-order chi connectivity index (χ0) is 14.2. The van der Waals surface area contributed by atoms with Gasteiger partial charge in [-0.25, -0.2) is 4.98 Å². The Labute approximate surface area is 123 Å². The average molecular weight is 289 g/mol. The summed E-state index contributed by atoms with van der Waals surface area (Å²) in [6.07, 6.45) is 7.29. The number of amides is 1. The van der Waals surface area contributed by atoms with Crippen molar-refractivity contribution >= 4 is 5.91 Å². The van der Waals surface area contributed by atoms with Crippen LogP contribution in [0.1, 0.15) is 23.3 Å². The van der Waals surface area contributed by atoms with Crippen LogP contribution < -0.4 is 0 Å². The zero-order valence-corrected chi connectivity index (χ0v) is 11.9. The van der Waals surface area contributed by atoms with Crippen LogP contribution in [0.3, 0.4) is 0 Å². The second-order valence-electron chi connectivity index (χ2n) is 6.13. The van der Waals surface area contributed by atoms with Gasteiger partial charge in [0.15, 0.2) is 0 Å². The summed E-state index contributed by atoms with van der Waals surface area (Å²) in [4.78, 5) is 22.5. The molecular formula is C15H19N3O3. The average Bonchev–Trinajstić information content (AvgIpc) is 3.11. The molecule has 3 fully saturated rings. The molecule has 1 saturated carbocycles. The summed E-state index contributed by atoms with van der Waals surface area (Å²) in [6, 6.07) is 0.115. The summed E-state index contributed by atoms with van der Waals surface area (Å²) in [7, 11) is 0. The van der Waals surface area contributed by atoms with Gasteiger partial charge in [-0.3, -0.25) is 9.78 Å². The predicted molar refractivity (Wildman–Crippen MR) is 73.6 cm³/mol. The number of hydrogen-bond acceptors (Lipinski definition) is 5. The number of nitrogens with zero attached hydrogens (tertiary/aromatic N) is 3. The third-order valence-corrected chi connectivity index (χ3v) is 4.63. The van der Waals surface area contributed by atoms with Crippen LogP contribution in [-0.4, -0.2) is 59.3 Å². The molecule has 1 aromatic heterocycles. The van der Waals surface area contributed by atoms with Gasteiger partial charge < -0.3 is 14.4 Å². The molecule has 0 spiro atoms. The zero-order valence-electron chi connectivity index (χ0n) is 11.9. The maximum Gasteiger partial charge on any atom is 0.274 e. The molecule has 0 N–H and O–H groups in total. The molecule has 2 aliphatic heterocycles. The van der Waals surface area contributed by atoms with E-state index in [1.165, 1.54) is 19.0 Å². The number of hydrogen-bond donors (Lipinski definition) is 0. The summed E-state index contributed by atoms with van der Waals surface area (Å²) >= 11 is 0. The van der Waals surface area contributed by atoms with Crippen LogP contribution in [0.2, 0.25) is 0 Å². The van der Waals surface area contributed by atoms with Crippen LogP contribution in [0.15, 0.2) is 18.6 Å². The van der Waals surface area contributed by atoms with Crippen LogP contribution >= 0.6 is 0 Å². The Kier molecular flexibility index (Phi) is 3.35. The number of aromatic nitrogens is 2. The summed E-state index contributed by atoms with van der Waals surface area (Å²) in [5.74, 6) is 0.959. The highest BCUT2D eigenvalue weighted by atomic mass is 16.5. The number of carbonyl (C=O) groups is 1. The van der Waals surface area contributed by atoms with E-state index in [4.69, 9.17) is 9.47 Å². The van der Waals surface area contributed by atoms with E-state index in [0.717, 1.165) is 12.5 Å². The largest absolute Gasteiger partial charge is 0.379 e. The highest BCUT2D eigenvalue weighted by Gasteiger charge is 2.48. The molecule has 3 aliphatic rings. The molecule has 21 heavy (non-hydrogen) atoms. The van der Waals surface area contributed by atoms with Gasteiger partial charge in [0, 0.05) is 31.5 Å². The van der Waals surface area contributed by atoms with Gasteiger partial charge in [0.2, 0.25) is 0 Å². The smallest absolute Gasteiger partial charge is 0.274 e. The highest BCUT2D eigenvalue weighted by molar-refractivity contribution is 5.92. The lowest BCUT2D eigenvalue weighted by Gasteiger charge is -2.21. The lowest BCUT2D eigenvalue weighted by molar-refractivity contribution is 0.0140. The van der Waals surface area contributed by atoms with Crippen molar-refractivity contribution in [3.05, 3.63) is 24.3 Å². The maximum absolute atomic E-state index is 12.6. The van der Waals surface area contributed by atoms with Crippen LogP contribution in [0.25, 0.3) is 0 Å². The van der Waals surface area contributed by atoms with Gasteiger partial charge in [0.1, 0.15) is 5.69 Å². The molecule has 6 nitrogen and oxygen atoms in total. The third-order valence-electron chi connectivity index (χ3n) is 4.63. The second kappa shape index (κ2) is 5.35. The Morgan fingerprint density at radius 2 is 2.29 bits per heavy atom. The van der Waals surface area contributed by atoms with Crippen molar-refractivity contribution in [3.63, 3.8) is 0 Å². The molecule has 1 aromatic rings. The number of fused-ring (bicyclic) bond motifs is 1. The van der Waals surface area contributed by atoms with Gasteiger partial charge in [-0.15, -0.1) is 0 Å². The number of ether oxygens (including phenoxy) is 2. The highest BCUT2D eigenvalue weighted by Crippen LogP contribution is 2.35. The first-order valence-electron chi connectivity index (χ1n) is 7.59. The SMILES string of the molecule is O=C(c1cnccn1)N1C[C@@H](OCC2CC2)[C@@H]2COC[C@@H]21. The number of likely N-dealkylation sites (tertiary alicyclic amines) is 1. The van der Waals surface area contributed by atoms with Crippen molar-refractivity contribution in [1.82, 2.24) is 14.9 Å². The van der Waals surface area contributed by atoms with E-state index in [2.05, 4.69) is 9.97 Å². The van der Waals surface area contributed by atoms with Gasteiger partial charge in [0.05, 0.1) is 31.6 Å². The van der Waals surface area contributed by atoms with E-state index in [9.17, 15) is 4.79 Å². The van der Waals surface area contributed by atoms with Crippen molar-refractivity contribution in [2.45, 2.75) is 25.0 Å². The molecule has 3 heterocycles. The van der Waals surface area contributed by atoms with E-state index in [-0.39, 0.29) is 18.1 Å². The van der Waals surface area contributed by atoms with Crippen LogP contribution in [0.5, 0.6) is 0 Å². The summed E-state index contributed by atoms with van der Waals surface area (Å²) < 4.78 is 11.6. The molecule has 1 aliphatic carbocycles. The topological polar surface area (TPSA) is 64.6 Å². The lowest BCUT2D eigenvalue weighted by atomic mass is 10.0. The van der Waals surface area contributed by atoms with Crippen molar-refractivity contribution < 1.29 is 14.3 Å². The fraction of sp³-hybridized carbons (Fsp3) is 0.667. The molecule has 6 heteroatoms. The minimum Gasteiger partial charge on any atom is -0.379 e. The lowest BCUT2D eigenvalue weighted by Crippen LogP contribution is -2.38. The first-order chi connectivity index (χ1) is 10.3. The molecule has 0 aromatic carbocycles. The molecule has 3 atom stereocenters. The molecule has 0 unspecified atom stereocenters. The molecule has 2 saturated heterocycles.